The van der Waals surface area contributed by atoms with Crippen LogP contribution in [0.3, 0.4) is 0 Å². The number of para-hydroxylation sites is 1. The van der Waals surface area contributed by atoms with Crippen LogP contribution in [0.15, 0.2) is 103 Å². The van der Waals surface area contributed by atoms with Crippen molar-refractivity contribution in [2.75, 3.05) is 44.9 Å². The fourth-order valence-corrected chi connectivity index (χ4v) is 4.84. The first-order valence-corrected chi connectivity index (χ1v) is 13.9. The van der Waals surface area contributed by atoms with E-state index in [2.05, 4.69) is 29.6 Å². The third-order valence-corrected chi connectivity index (χ3v) is 6.96. The van der Waals surface area contributed by atoms with Crippen LogP contribution in [0.2, 0.25) is 0 Å². The summed E-state index contributed by atoms with van der Waals surface area (Å²) in [5.74, 6) is 2.38. The van der Waals surface area contributed by atoms with E-state index >= 15 is 0 Å². The van der Waals surface area contributed by atoms with Crippen LogP contribution < -0.4 is 24.4 Å². The molecule has 0 bridgehead atoms. The largest absolute Gasteiger partial charge is 0.496 e. The highest BCUT2D eigenvalue weighted by Gasteiger charge is 2.29. The summed E-state index contributed by atoms with van der Waals surface area (Å²) in [5, 5.41) is 3.21. The maximum Gasteiger partial charge on any atom is 0.241 e. The number of carbonyl (C=O) groups is 1. The fraction of sp³-hybridized carbons (Fsp3) is 0.265. The Morgan fingerprint density at radius 1 is 0.780 bits per heavy atom. The summed E-state index contributed by atoms with van der Waals surface area (Å²) in [6.07, 6.45) is 0.763. The fourth-order valence-electron chi connectivity index (χ4n) is 4.84. The molecule has 5 rings (SSSR count). The summed E-state index contributed by atoms with van der Waals surface area (Å²) in [4.78, 5) is 14.7. The normalized spacial score (nSPS) is 15.0. The summed E-state index contributed by atoms with van der Waals surface area (Å²) in [5.41, 5.74) is 4.16. The quantitative estimate of drug-likeness (QED) is 0.214. The van der Waals surface area contributed by atoms with Crippen molar-refractivity contribution in [3.05, 3.63) is 109 Å². The number of rotatable bonds is 13. The number of methoxy groups -OCH3 is 1. The van der Waals surface area contributed by atoms with E-state index in [-0.39, 0.29) is 11.9 Å². The molecule has 1 aliphatic heterocycles. The smallest absolute Gasteiger partial charge is 0.241 e. The molecule has 1 aliphatic rings. The number of ether oxygens (including phenoxy) is 4. The van der Waals surface area contributed by atoms with E-state index < -0.39 is 0 Å². The molecule has 1 amide bonds. The monoisotopic (exact) mass is 552 g/mol. The minimum Gasteiger partial charge on any atom is -0.496 e. The third kappa shape index (κ3) is 7.66. The van der Waals surface area contributed by atoms with Gasteiger partial charge >= 0.3 is 0 Å². The van der Waals surface area contributed by atoms with Crippen molar-refractivity contribution in [3.63, 3.8) is 0 Å². The van der Waals surface area contributed by atoms with Crippen LogP contribution in [0.25, 0.3) is 11.1 Å². The van der Waals surface area contributed by atoms with Crippen molar-refractivity contribution >= 4 is 11.6 Å². The molecule has 0 aromatic heterocycles. The van der Waals surface area contributed by atoms with Crippen molar-refractivity contribution in [1.29, 1.82) is 0 Å². The van der Waals surface area contributed by atoms with Gasteiger partial charge in [-0.15, -0.1) is 0 Å². The first-order chi connectivity index (χ1) is 20.2. The standard InChI is InChI=1S/C34H36N2O5/c1-38-33-11-6-5-10-28(33)24-39-20-7-21-40-31-18-14-29(15-19-31)36-30(22-35-23-34(36)37)25-41-32-16-12-27(13-17-32)26-8-3-2-4-9-26/h2-6,8-19,30,35H,7,20-25H2,1H3/t30-/m1/s1. The molecule has 212 valence electrons. The Morgan fingerprint density at radius 2 is 1.46 bits per heavy atom. The van der Waals surface area contributed by atoms with E-state index in [0.29, 0.717) is 39.5 Å². The van der Waals surface area contributed by atoms with Crippen molar-refractivity contribution in [2.45, 2.75) is 19.1 Å². The minimum absolute atomic E-state index is 0.0186. The maximum atomic E-state index is 12.9. The third-order valence-electron chi connectivity index (χ3n) is 6.96. The molecule has 4 aromatic rings. The van der Waals surface area contributed by atoms with E-state index in [1.807, 2.05) is 83.8 Å². The Bertz CT molecular complexity index is 1380. The Hall–Kier alpha value is -4.33. The second kappa shape index (κ2) is 14.3. The second-order valence-electron chi connectivity index (χ2n) is 9.81. The van der Waals surface area contributed by atoms with Gasteiger partial charge in [0.05, 0.1) is 39.5 Å². The average Bonchev–Trinajstić information content (AvgIpc) is 3.03. The maximum absolute atomic E-state index is 12.9. The number of nitrogens with zero attached hydrogens (tertiary/aromatic N) is 1. The van der Waals surface area contributed by atoms with E-state index in [1.165, 1.54) is 0 Å². The van der Waals surface area contributed by atoms with Gasteiger partial charge in [0, 0.05) is 24.2 Å². The van der Waals surface area contributed by atoms with Crippen LogP contribution in [0, 0.1) is 0 Å². The Kier molecular flexibility index (Phi) is 9.87. The molecule has 0 radical (unpaired) electrons. The van der Waals surface area contributed by atoms with Crippen LogP contribution in [0.4, 0.5) is 5.69 Å². The average molecular weight is 553 g/mol. The number of amides is 1. The van der Waals surface area contributed by atoms with Crippen molar-refractivity contribution in [2.24, 2.45) is 0 Å². The summed E-state index contributed by atoms with van der Waals surface area (Å²) in [6, 6.07) is 33.7. The Balaban J connectivity index is 1.09. The second-order valence-corrected chi connectivity index (χ2v) is 9.81. The van der Waals surface area contributed by atoms with Gasteiger partial charge in [-0.25, -0.2) is 0 Å². The molecule has 1 fully saturated rings. The first kappa shape index (κ1) is 28.2. The molecular formula is C34H36N2O5. The lowest BCUT2D eigenvalue weighted by Gasteiger charge is -2.36. The molecule has 1 N–H and O–H groups in total. The van der Waals surface area contributed by atoms with Gasteiger partial charge in [-0.1, -0.05) is 60.7 Å². The Morgan fingerprint density at radius 3 is 2.24 bits per heavy atom. The number of carbonyl (C=O) groups excluding carboxylic acids is 1. The van der Waals surface area contributed by atoms with Gasteiger partial charge in [0.2, 0.25) is 5.91 Å². The highest BCUT2D eigenvalue weighted by molar-refractivity contribution is 5.96. The van der Waals surface area contributed by atoms with Crippen LogP contribution in [0.1, 0.15) is 12.0 Å². The number of piperazine rings is 1. The summed E-state index contributed by atoms with van der Waals surface area (Å²) < 4.78 is 23.2. The molecule has 0 aliphatic carbocycles. The number of benzene rings is 4. The topological polar surface area (TPSA) is 69.3 Å². The lowest BCUT2D eigenvalue weighted by molar-refractivity contribution is -0.119. The molecular weight excluding hydrogens is 516 g/mol. The minimum atomic E-state index is -0.128. The molecule has 0 saturated carbocycles. The van der Waals surface area contributed by atoms with Gasteiger partial charge in [0.1, 0.15) is 23.9 Å². The first-order valence-electron chi connectivity index (χ1n) is 13.9. The highest BCUT2D eigenvalue weighted by atomic mass is 16.5. The van der Waals surface area contributed by atoms with E-state index in [4.69, 9.17) is 18.9 Å². The summed E-state index contributed by atoms with van der Waals surface area (Å²) in [7, 11) is 1.66. The number of anilines is 1. The van der Waals surface area contributed by atoms with Crippen LogP contribution in [-0.4, -0.2) is 52.0 Å². The zero-order valence-corrected chi connectivity index (χ0v) is 23.3. The van der Waals surface area contributed by atoms with Crippen molar-refractivity contribution < 1.29 is 23.7 Å². The zero-order chi connectivity index (χ0) is 28.3. The number of hydrogen-bond donors (Lipinski definition) is 1. The van der Waals surface area contributed by atoms with E-state index in [9.17, 15) is 4.79 Å². The summed E-state index contributed by atoms with van der Waals surface area (Å²) >= 11 is 0. The molecule has 1 atom stereocenters. The van der Waals surface area contributed by atoms with Gasteiger partial charge in [0.25, 0.3) is 0 Å². The SMILES string of the molecule is COc1ccccc1COCCCOc1ccc(N2C(=O)CNC[C@@H]2COc2ccc(-c3ccccc3)cc2)cc1. The zero-order valence-electron chi connectivity index (χ0n) is 23.3. The molecule has 1 heterocycles. The highest BCUT2D eigenvalue weighted by Crippen LogP contribution is 2.25. The van der Waals surface area contributed by atoms with Gasteiger partial charge < -0.3 is 29.2 Å². The van der Waals surface area contributed by atoms with Gasteiger partial charge in [-0.2, -0.15) is 0 Å². The Labute approximate surface area is 241 Å². The van der Waals surface area contributed by atoms with Gasteiger partial charge in [-0.05, 0) is 53.6 Å². The number of nitrogens with one attached hydrogen (secondary N) is 1. The molecule has 0 unspecified atom stereocenters. The lowest BCUT2D eigenvalue weighted by atomic mass is 10.1. The molecule has 4 aromatic carbocycles. The predicted octanol–water partition coefficient (Wildman–Crippen LogP) is 5.73. The summed E-state index contributed by atoms with van der Waals surface area (Å²) in [6.45, 7) is 2.97. The van der Waals surface area contributed by atoms with Crippen LogP contribution >= 0.6 is 0 Å². The molecule has 41 heavy (non-hydrogen) atoms. The van der Waals surface area contributed by atoms with Gasteiger partial charge in [0.15, 0.2) is 0 Å². The van der Waals surface area contributed by atoms with E-state index in [0.717, 1.165) is 46.0 Å². The van der Waals surface area contributed by atoms with E-state index in [1.54, 1.807) is 7.11 Å². The number of hydrogen-bond acceptors (Lipinski definition) is 6. The van der Waals surface area contributed by atoms with Crippen molar-refractivity contribution in [3.8, 4) is 28.4 Å². The van der Waals surface area contributed by atoms with Crippen molar-refractivity contribution in [1.82, 2.24) is 5.32 Å². The van der Waals surface area contributed by atoms with Gasteiger partial charge in [-0.3, -0.25) is 4.79 Å². The lowest BCUT2D eigenvalue weighted by Crippen LogP contribution is -2.57. The molecule has 7 nitrogen and oxygen atoms in total. The molecule has 1 saturated heterocycles. The molecule has 0 spiro atoms. The van der Waals surface area contributed by atoms with Crippen LogP contribution in [0.5, 0.6) is 17.2 Å². The predicted molar refractivity (Wildman–Crippen MR) is 161 cm³/mol. The van der Waals surface area contributed by atoms with Crippen LogP contribution in [-0.2, 0) is 16.1 Å². The molecule has 7 heteroatoms.